The number of thiophene rings is 1. The van der Waals surface area contributed by atoms with Crippen molar-refractivity contribution in [1.29, 1.82) is 0 Å². The van der Waals surface area contributed by atoms with Crippen LogP contribution in [0.1, 0.15) is 22.8 Å². The first-order valence-corrected chi connectivity index (χ1v) is 8.33. The summed E-state index contributed by atoms with van der Waals surface area (Å²) in [5, 5.41) is 5.66. The zero-order chi connectivity index (χ0) is 17.1. The molecule has 3 aromatic rings. The van der Waals surface area contributed by atoms with Gasteiger partial charge < -0.3 is 14.8 Å². The number of nitrogens with one attached hydrogen (secondary N) is 1. The van der Waals surface area contributed by atoms with Crippen molar-refractivity contribution >= 4 is 39.0 Å². The van der Waals surface area contributed by atoms with E-state index in [9.17, 15) is 4.79 Å². The lowest BCUT2D eigenvalue weighted by molar-refractivity contribution is 0.0529. The van der Waals surface area contributed by atoms with Gasteiger partial charge in [-0.25, -0.2) is 14.8 Å². The molecule has 0 bridgehead atoms. The molecule has 6 nitrogen and oxygen atoms in total. The minimum Gasteiger partial charge on any atom is -0.495 e. The predicted octanol–water partition coefficient (Wildman–Crippen LogP) is 3.93. The highest BCUT2D eigenvalue weighted by molar-refractivity contribution is 7.17. The molecule has 0 radical (unpaired) electrons. The molecule has 0 amide bonds. The van der Waals surface area contributed by atoms with Gasteiger partial charge in [-0.2, -0.15) is 0 Å². The highest BCUT2D eigenvalue weighted by atomic mass is 32.1. The van der Waals surface area contributed by atoms with Crippen LogP contribution < -0.4 is 10.1 Å². The van der Waals surface area contributed by atoms with Crippen LogP contribution in [0.5, 0.6) is 5.75 Å². The number of fused-ring (bicyclic) bond motifs is 1. The standard InChI is InChI=1S/C17H17N3O3S/c1-4-23-17(21)11-8-24-16-14(11)15(18-9-19-16)20-12-7-10(2)5-6-13(12)22-3/h5-9H,4H2,1-3H3,(H,18,19,20). The normalized spacial score (nSPS) is 10.6. The number of anilines is 2. The van der Waals surface area contributed by atoms with Gasteiger partial charge in [-0.15, -0.1) is 11.3 Å². The molecule has 0 fully saturated rings. The van der Waals surface area contributed by atoms with E-state index in [1.165, 1.54) is 17.7 Å². The maximum atomic E-state index is 12.2. The summed E-state index contributed by atoms with van der Waals surface area (Å²) in [7, 11) is 1.61. The van der Waals surface area contributed by atoms with Crippen LogP contribution in [-0.4, -0.2) is 29.7 Å². The largest absolute Gasteiger partial charge is 0.495 e. The average molecular weight is 343 g/mol. The van der Waals surface area contributed by atoms with E-state index in [-0.39, 0.29) is 5.97 Å². The van der Waals surface area contributed by atoms with Crippen LogP contribution in [0.2, 0.25) is 0 Å². The average Bonchev–Trinajstić information content (AvgIpc) is 3.00. The van der Waals surface area contributed by atoms with Crippen molar-refractivity contribution in [2.45, 2.75) is 13.8 Å². The number of aryl methyl sites for hydroxylation is 1. The van der Waals surface area contributed by atoms with Gasteiger partial charge >= 0.3 is 5.97 Å². The summed E-state index contributed by atoms with van der Waals surface area (Å²) < 4.78 is 10.5. The van der Waals surface area contributed by atoms with Crippen molar-refractivity contribution < 1.29 is 14.3 Å². The Labute approximate surface area is 143 Å². The summed E-state index contributed by atoms with van der Waals surface area (Å²) in [5.74, 6) is 0.867. The molecule has 0 unspecified atom stereocenters. The monoisotopic (exact) mass is 343 g/mol. The lowest BCUT2D eigenvalue weighted by atomic mass is 10.2. The molecular weight excluding hydrogens is 326 g/mol. The minimum absolute atomic E-state index is 0.318. The van der Waals surface area contributed by atoms with Crippen LogP contribution in [0, 0.1) is 6.92 Å². The summed E-state index contributed by atoms with van der Waals surface area (Å²) in [5.41, 5.74) is 2.32. The van der Waals surface area contributed by atoms with Crippen molar-refractivity contribution in [2.75, 3.05) is 19.0 Å². The van der Waals surface area contributed by atoms with Crippen molar-refractivity contribution in [3.05, 3.63) is 41.0 Å². The van der Waals surface area contributed by atoms with Gasteiger partial charge in [0.05, 0.1) is 30.4 Å². The SMILES string of the molecule is CCOC(=O)c1csc2ncnc(Nc3cc(C)ccc3OC)c12. The van der Waals surface area contributed by atoms with Crippen molar-refractivity contribution in [1.82, 2.24) is 9.97 Å². The lowest BCUT2D eigenvalue weighted by Gasteiger charge is -2.12. The Balaban J connectivity index is 2.08. The number of methoxy groups -OCH3 is 1. The Kier molecular flexibility index (Phi) is 4.61. The van der Waals surface area contributed by atoms with E-state index in [0.717, 1.165) is 16.1 Å². The second-order valence-electron chi connectivity index (χ2n) is 5.10. The number of benzene rings is 1. The predicted molar refractivity (Wildman–Crippen MR) is 94.4 cm³/mol. The van der Waals surface area contributed by atoms with Gasteiger partial charge in [-0.1, -0.05) is 6.07 Å². The molecule has 0 spiro atoms. The Morgan fingerprint density at radius 1 is 1.33 bits per heavy atom. The third kappa shape index (κ3) is 3.03. The number of aromatic nitrogens is 2. The molecular formula is C17H17N3O3S. The summed E-state index contributed by atoms with van der Waals surface area (Å²) >= 11 is 1.38. The maximum Gasteiger partial charge on any atom is 0.339 e. The van der Waals surface area contributed by atoms with Crippen LogP contribution in [0.3, 0.4) is 0 Å². The molecule has 0 aliphatic rings. The first kappa shape index (κ1) is 16.2. The number of nitrogens with zero attached hydrogens (tertiary/aromatic N) is 2. The molecule has 0 atom stereocenters. The minimum atomic E-state index is -0.377. The van der Waals surface area contributed by atoms with Crippen molar-refractivity contribution in [2.24, 2.45) is 0 Å². The fraction of sp³-hybridized carbons (Fsp3) is 0.235. The summed E-state index contributed by atoms with van der Waals surface area (Å²) in [6, 6.07) is 5.81. The molecule has 0 aliphatic heterocycles. The van der Waals surface area contributed by atoms with Crippen molar-refractivity contribution in [3.8, 4) is 5.75 Å². The molecule has 0 saturated heterocycles. The van der Waals surface area contributed by atoms with Crippen molar-refractivity contribution in [3.63, 3.8) is 0 Å². The van der Waals surface area contributed by atoms with Crippen LogP contribution >= 0.6 is 11.3 Å². The molecule has 2 heterocycles. The summed E-state index contributed by atoms with van der Waals surface area (Å²) in [4.78, 5) is 21.4. The quantitative estimate of drug-likeness (QED) is 0.708. The smallest absolute Gasteiger partial charge is 0.339 e. The molecule has 124 valence electrons. The first-order valence-electron chi connectivity index (χ1n) is 7.45. The molecule has 3 rings (SSSR count). The third-order valence-corrected chi connectivity index (χ3v) is 4.36. The molecule has 7 heteroatoms. The molecule has 0 aliphatic carbocycles. The van der Waals surface area contributed by atoms with Gasteiger partial charge in [0.15, 0.2) is 0 Å². The fourth-order valence-corrected chi connectivity index (χ4v) is 3.25. The van der Waals surface area contributed by atoms with E-state index >= 15 is 0 Å². The molecule has 2 aromatic heterocycles. The summed E-state index contributed by atoms with van der Waals surface area (Å²) in [6.07, 6.45) is 1.47. The van der Waals surface area contributed by atoms with E-state index < -0.39 is 0 Å². The zero-order valence-electron chi connectivity index (χ0n) is 13.6. The lowest BCUT2D eigenvalue weighted by Crippen LogP contribution is -2.05. The second-order valence-corrected chi connectivity index (χ2v) is 5.96. The molecule has 1 N–H and O–H groups in total. The van der Waals surface area contributed by atoms with E-state index in [0.29, 0.717) is 29.1 Å². The van der Waals surface area contributed by atoms with Gasteiger partial charge in [0.2, 0.25) is 0 Å². The highest BCUT2D eigenvalue weighted by Crippen LogP contribution is 2.34. The van der Waals surface area contributed by atoms with Crippen LogP contribution in [0.25, 0.3) is 10.2 Å². The highest BCUT2D eigenvalue weighted by Gasteiger charge is 2.19. The number of rotatable bonds is 5. The molecule has 1 aromatic carbocycles. The number of hydrogen-bond donors (Lipinski definition) is 1. The Morgan fingerprint density at radius 3 is 2.92 bits per heavy atom. The number of hydrogen-bond acceptors (Lipinski definition) is 7. The molecule has 24 heavy (non-hydrogen) atoms. The van der Waals surface area contributed by atoms with Crippen LogP contribution in [0.4, 0.5) is 11.5 Å². The number of carbonyl (C=O) groups excluding carboxylic acids is 1. The number of carbonyl (C=O) groups is 1. The first-order chi connectivity index (χ1) is 11.6. The summed E-state index contributed by atoms with van der Waals surface area (Å²) in [6.45, 7) is 4.09. The topological polar surface area (TPSA) is 73.3 Å². The van der Waals surface area contributed by atoms with E-state index in [4.69, 9.17) is 9.47 Å². The van der Waals surface area contributed by atoms with Gasteiger partial charge in [-0.3, -0.25) is 0 Å². The van der Waals surface area contributed by atoms with Crippen LogP contribution in [-0.2, 0) is 4.74 Å². The van der Waals surface area contributed by atoms with Gasteiger partial charge in [0.25, 0.3) is 0 Å². The van der Waals surface area contributed by atoms with Gasteiger partial charge in [-0.05, 0) is 31.5 Å². The zero-order valence-corrected chi connectivity index (χ0v) is 14.4. The maximum absolute atomic E-state index is 12.2. The van der Waals surface area contributed by atoms with E-state index in [2.05, 4.69) is 15.3 Å². The Hall–Kier alpha value is -2.67. The second kappa shape index (κ2) is 6.84. The number of ether oxygens (including phenoxy) is 2. The van der Waals surface area contributed by atoms with Crippen LogP contribution in [0.15, 0.2) is 29.9 Å². The van der Waals surface area contributed by atoms with E-state index in [1.807, 2.05) is 25.1 Å². The van der Waals surface area contributed by atoms with Gasteiger partial charge in [0, 0.05) is 5.38 Å². The fourth-order valence-electron chi connectivity index (χ4n) is 2.38. The Morgan fingerprint density at radius 2 is 2.17 bits per heavy atom. The number of esters is 1. The molecule has 0 saturated carbocycles. The third-order valence-electron chi connectivity index (χ3n) is 3.47. The van der Waals surface area contributed by atoms with E-state index in [1.54, 1.807) is 19.4 Å². The van der Waals surface area contributed by atoms with Gasteiger partial charge in [0.1, 0.15) is 22.7 Å². The Bertz CT molecular complexity index is 892.